The number of hydrogen-bond donors (Lipinski definition) is 18. The first kappa shape index (κ1) is 55.3. The molecule has 0 spiro atoms. The van der Waals surface area contributed by atoms with Gasteiger partial charge in [-0.3, -0.25) is 0 Å². The molecule has 0 aliphatic rings. The van der Waals surface area contributed by atoms with Crippen molar-refractivity contribution < 1.29 is 177 Å². The molecule has 0 aromatic carbocycles. The van der Waals surface area contributed by atoms with Crippen LogP contribution in [0, 0.1) is 0 Å². The molecule has 0 atom stereocenters. The van der Waals surface area contributed by atoms with E-state index in [9.17, 15) is 0 Å². The van der Waals surface area contributed by atoms with E-state index in [1.807, 2.05) is 0 Å². The summed E-state index contributed by atoms with van der Waals surface area (Å²) < 4.78 is 53.3. The third-order valence-electron chi connectivity index (χ3n) is 0. The third kappa shape index (κ3) is 4630. The van der Waals surface area contributed by atoms with Crippen LogP contribution in [0.25, 0.3) is 0 Å². The molecule has 0 saturated heterocycles. The van der Waals surface area contributed by atoms with Crippen molar-refractivity contribution in [2.24, 2.45) is 0 Å². The van der Waals surface area contributed by atoms with E-state index in [1.165, 1.54) is 0 Å². The van der Waals surface area contributed by atoms with Gasteiger partial charge in [0.25, 0.3) is 0 Å². The first-order chi connectivity index (χ1) is 12.0. The summed E-state index contributed by atoms with van der Waals surface area (Å²) in [6.45, 7) is 0. The summed E-state index contributed by atoms with van der Waals surface area (Å²) in [5, 5.41) is 0. The van der Waals surface area contributed by atoms with Crippen molar-refractivity contribution in [2.75, 3.05) is 0 Å². The average Bonchev–Trinajstić information content (AvgIpc) is 1.94. The van der Waals surface area contributed by atoms with Gasteiger partial charge in [-0.1, -0.05) is 0 Å². The van der Waals surface area contributed by atoms with Crippen LogP contribution in [-0.4, -0.2) is 88.1 Å². The van der Waals surface area contributed by atoms with Gasteiger partial charge in [0.05, 0.1) is 0 Å². The maximum absolute atomic E-state index is 8.88. The molecule has 32 heteroatoms. The van der Waals surface area contributed by atoms with Crippen molar-refractivity contribution in [3.63, 3.8) is 0 Å². The Bertz CT molecular complexity index is 476. The molecule has 0 saturated carbocycles. The van der Waals surface area contributed by atoms with Crippen molar-refractivity contribution in [2.45, 2.75) is 0 Å². The zero-order valence-corrected chi connectivity index (χ0v) is 24.5. The van der Waals surface area contributed by atoms with Gasteiger partial charge in [0.1, 0.15) is 0 Å². The average molecular weight is 636 g/mol. The zero-order valence-electron chi connectivity index (χ0n) is 17.2. The second-order valence-corrected chi connectivity index (χ2v) is 9.24. The maximum Gasteiger partial charge on any atom is 1.00 e. The van der Waals surface area contributed by atoms with Crippen molar-refractivity contribution in [1.82, 2.24) is 0 Å². The van der Waals surface area contributed by atoms with Crippen molar-refractivity contribution in [1.29, 1.82) is 0 Å². The van der Waals surface area contributed by atoms with Gasteiger partial charge in [-0.05, 0) is 0 Å². The van der Waals surface area contributed by atoms with E-state index in [2.05, 4.69) is 0 Å². The van der Waals surface area contributed by atoms with Crippen molar-refractivity contribution in [3.05, 3.63) is 0 Å². The molecule has 32 heavy (non-hydrogen) atoms. The SMILES string of the molecule is O=P(O)(O)O.O=P(O)(O)O.O=P(O)(O)O.O=P(O)(O)O.O=P(O)(O)O.O=P(O)(O)O.[H-].[H-].[Na+].[Na+]. The van der Waals surface area contributed by atoms with Crippen LogP contribution in [0.4, 0.5) is 0 Å². The third-order valence-corrected chi connectivity index (χ3v) is 0. The molecule has 0 radical (unpaired) electrons. The first-order valence-electron chi connectivity index (χ1n) is 4.70. The van der Waals surface area contributed by atoms with Crippen LogP contribution < -0.4 is 59.1 Å². The minimum Gasteiger partial charge on any atom is -1.00 e. The van der Waals surface area contributed by atoms with Gasteiger partial charge in [0.2, 0.25) is 0 Å². The molecular formula is H20Na2O24P6. The molecule has 0 fully saturated rings. The second kappa shape index (κ2) is 24.0. The number of hydrogen-bond acceptors (Lipinski definition) is 6. The van der Waals surface area contributed by atoms with Gasteiger partial charge in [-0.15, -0.1) is 0 Å². The second-order valence-electron chi connectivity index (χ2n) is 3.08. The van der Waals surface area contributed by atoms with Crippen LogP contribution in [0.1, 0.15) is 2.85 Å². The Balaban J connectivity index is -0.0000000248. The van der Waals surface area contributed by atoms with Crippen LogP contribution in [0.2, 0.25) is 0 Å². The van der Waals surface area contributed by atoms with E-state index in [4.69, 9.17) is 115 Å². The van der Waals surface area contributed by atoms with Gasteiger partial charge < -0.3 is 90.9 Å². The summed E-state index contributed by atoms with van der Waals surface area (Å²) in [7, 11) is -27.8. The Morgan fingerprint density at radius 3 is 0.250 bits per heavy atom. The van der Waals surface area contributed by atoms with E-state index in [0.717, 1.165) is 0 Å². The monoisotopic (exact) mass is 636 g/mol. The molecule has 0 aromatic heterocycles. The summed E-state index contributed by atoms with van der Waals surface area (Å²) in [5.74, 6) is 0. The summed E-state index contributed by atoms with van der Waals surface area (Å²) >= 11 is 0. The van der Waals surface area contributed by atoms with E-state index < -0.39 is 46.9 Å². The minimum atomic E-state index is -4.64. The van der Waals surface area contributed by atoms with E-state index >= 15 is 0 Å². The largest absolute Gasteiger partial charge is 1.00 e. The fourth-order valence-corrected chi connectivity index (χ4v) is 0. The first-order valence-corrected chi connectivity index (χ1v) is 14.1. The van der Waals surface area contributed by atoms with Crippen molar-refractivity contribution >= 4 is 46.9 Å². The Labute approximate surface area is 223 Å². The van der Waals surface area contributed by atoms with E-state index in [0.29, 0.717) is 0 Å². The topological polar surface area (TPSA) is 467 Å². The van der Waals surface area contributed by atoms with E-state index in [1.54, 1.807) is 0 Å². The van der Waals surface area contributed by atoms with Gasteiger partial charge in [-0.2, -0.15) is 0 Å². The molecule has 18 N–H and O–H groups in total. The summed E-state index contributed by atoms with van der Waals surface area (Å²) in [6, 6.07) is 0. The van der Waals surface area contributed by atoms with Crippen LogP contribution in [-0.2, 0) is 27.4 Å². The Hall–Kier alpha value is 2.66. The Morgan fingerprint density at radius 1 is 0.250 bits per heavy atom. The predicted octanol–water partition coefficient (Wildman–Crippen LogP) is -11.3. The van der Waals surface area contributed by atoms with Gasteiger partial charge in [-0.25, -0.2) is 27.4 Å². The molecule has 0 rings (SSSR count). The van der Waals surface area contributed by atoms with Gasteiger partial charge in [0.15, 0.2) is 0 Å². The summed E-state index contributed by atoms with van der Waals surface area (Å²) in [4.78, 5) is 129. The molecule has 0 heterocycles. The molecule has 0 aliphatic heterocycles. The van der Waals surface area contributed by atoms with Crippen molar-refractivity contribution in [3.8, 4) is 0 Å². The molecule has 24 nitrogen and oxygen atoms in total. The summed E-state index contributed by atoms with van der Waals surface area (Å²) in [5.41, 5.74) is 0. The maximum atomic E-state index is 8.88. The van der Waals surface area contributed by atoms with E-state index in [-0.39, 0.29) is 62.0 Å². The standard InChI is InChI=1S/2Na.6H3O4P.2H/c;;6*1-5(2,3)4;;/h;;6*(H3,1,2,3,4);;/q2*+1;;;;;;;2*-1. The van der Waals surface area contributed by atoms with Crippen LogP contribution >= 0.6 is 46.9 Å². The molecule has 0 bridgehead atoms. The van der Waals surface area contributed by atoms with Gasteiger partial charge >= 0.3 is 106 Å². The zero-order chi connectivity index (χ0) is 27.0. The fourth-order valence-electron chi connectivity index (χ4n) is 0. The number of phosphoric acid groups is 6. The van der Waals surface area contributed by atoms with Crippen LogP contribution in [0.5, 0.6) is 0 Å². The molecular weight excluding hydrogens is 616 g/mol. The number of rotatable bonds is 0. The normalized spacial score (nSPS) is 11.1. The summed E-state index contributed by atoms with van der Waals surface area (Å²) in [6.07, 6.45) is 0. The fraction of sp³-hybridized carbons (Fsp3) is 0. The molecule has 0 amide bonds. The molecule has 0 aromatic rings. The van der Waals surface area contributed by atoms with Crippen LogP contribution in [0.3, 0.4) is 0 Å². The quantitative estimate of drug-likeness (QED) is 0.0866. The molecule has 196 valence electrons. The molecule has 0 unspecified atom stereocenters. The van der Waals surface area contributed by atoms with Crippen LogP contribution in [0.15, 0.2) is 0 Å². The smallest absolute Gasteiger partial charge is 1.00 e. The Morgan fingerprint density at radius 2 is 0.250 bits per heavy atom. The molecule has 0 aliphatic carbocycles. The predicted molar refractivity (Wildman–Crippen MR) is 87.8 cm³/mol. The van der Waals surface area contributed by atoms with Gasteiger partial charge in [0, 0.05) is 0 Å². The minimum absolute atomic E-state index is 0. The Kier molecular flexibility index (Phi) is 41.5.